The number of rotatable bonds is 3. The molecule has 3 rings (SSSR count). The minimum atomic E-state index is 0.192. The van der Waals surface area contributed by atoms with Crippen LogP contribution in [0.2, 0.25) is 0 Å². The van der Waals surface area contributed by atoms with E-state index in [4.69, 9.17) is 9.72 Å². The second-order valence-corrected chi connectivity index (χ2v) is 5.36. The smallest absolute Gasteiger partial charge is 0.120 e. The van der Waals surface area contributed by atoms with Crippen molar-refractivity contribution in [3.05, 3.63) is 29.5 Å². The standard InChI is InChI=1S/C16H20N2O/c1-10(2)19-11-7-8-15-13(9-11)16(17-3)12-5-4-6-14(12)18-15/h7-10H,4-6H2,1-3H3,(H,17,18). The normalized spacial score (nSPS) is 13.9. The SMILES string of the molecule is CNc1c2c(nc3ccc(OC(C)C)cc13)CCC2. The molecule has 3 heteroatoms. The Morgan fingerprint density at radius 3 is 2.84 bits per heavy atom. The molecule has 19 heavy (non-hydrogen) atoms. The van der Waals surface area contributed by atoms with Crippen LogP contribution in [-0.4, -0.2) is 18.1 Å². The average Bonchev–Trinajstić information content (AvgIpc) is 2.83. The zero-order chi connectivity index (χ0) is 13.4. The molecule has 0 saturated carbocycles. The van der Waals surface area contributed by atoms with Gasteiger partial charge in [0.25, 0.3) is 0 Å². The number of aryl methyl sites for hydroxylation is 1. The molecule has 0 bridgehead atoms. The van der Waals surface area contributed by atoms with E-state index in [1.165, 1.54) is 28.8 Å². The Kier molecular flexibility index (Phi) is 3.05. The molecule has 0 aliphatic heterocycles. The van der Waals surface area contributed by atoms with E-state index in [0.717, 1.165) is 24.1 Å². The quantitative estimate of drug-likeness (QED) is 0.912. The van der Waals surface area contributed by atoms with E-state index < -0.39 is 0 Å². The van der Waals surface area contributed by atoms with Gasteiger partial charge in [-0.3, -0.25) is 4.98 Å². The Morgan fingerprint density at radius 2 is 2.11 bits per heavy atom. The van der Waals surface area contributed by atoms with Gasteiger partial charge in [-0.25, -0.2) is 0 Å². The topological polar surface area (TPSA) is 34.2 Å². The number of hydrogen-bond acceptors (Lipinski definition) is 3. The largest absolute Gasteiger partial charge is 0.491 e. The van der Waals surface area contributed by atoms with Crippen molar-refractivity contribution in [2.45, 2.75) is 39.2 Å². The molecule has 0 radical (unpaired) electrons. The first-order chi connectivity index (χ1) is 9.19. The molecule has 0 spiro atoms. The molecule has 1 heterocycles. The maximum Gasteiger partial charge on any atom is 0.120 e. The van der Waals surface area contributed by atoms with Gasteiger partial charge >= 0.3 is 0 Å². The second kappa shape index (κ2) is 4.72. The third kappa shape index (κ3) is 2.14. The highest BCUT2D eigenvalue weighted by atomic mass is 16.5. The number of benzene rings is 1. The summed E-state index contributed by atoms with van der Waals surface area (Å²) >= 11 is 0. The highest BCUT2D eigenvalue weighted by Crippen LogP contribution is 2.35. The fourth-order valence-electron chi connectivity index (χ4n) is 2.87. The van der Waals surface area contributed by atoms with Crippen molar-refractivity contribution in [2.24, 2.45) is 0 Å². The van der Waals surface area contributed by atoms with E-state index in [9.17, 15) is 0 Å². The summed E-state index contributed by atoms with van der Waals surface area (Å²) in [6, 6.07) is 6.18. The molecule has 1 aromatic carbocycles. The van der Waals surface area contributed by atoms with Crippen molar-refractivity contribution in [1.29, 1.82) is 0 Å². The molecule has 0 saturated heterocycles. The Bertz CT molecular complexity index is 620. The fourth-order valence-corrected chi connectivity index (χ4v) is 2.87. The molecule has 1 aromatic heterocycles. The molecule has 0 amide bonds. The lowest BCUT2D eigenvalue weighted by Gasteiger charge is -2.14. The summed E-state index contributed by atoms with van der Waals surface area (Å²) in [5.74, 6) is 0.916. The van der Waals surface area contributed by atoms with Gasteiger partial charge in [0, 0.05) is 23.8 Å². The molecule has 1 aliphatic carbocycles. The Balaban J connectivity index is 2.18. The summed E-state index contributed by atoms with van der Waals surface area (Å²) in [7, 11) is 1.99. The van der Waals surface area contributed by atoms with Gasteiger partial charge in [0.1, 0.15) is 5.75 Å². The number of anilines is 1. The van der Waals surface area contributed by atoms with Gasteiger partial charge in [-0.1, -0.05) is 0 Å². The van der Waals surface area contributed by atoms with Crippen molar-refractivity contribution >= 4 is 16.6 Å². The van der Waals surface area contributed by atoms with E-state index in [1.807, 2.05) is 27.0 Å². The van der Waals surface area contributed by atoms with Crippen LogP contribution in [0.5, 0.6) is 5.75 Å². The Labute approximate surface area is 114 Å². The fraction of sp³-hybridized carbons (Fsp3) is 0.438. The molecule has 1 N–H and O–H groups in total. The summed E-state index contributed by atoms with van der Waals surface area (Å²) in [5.41, 5.74) is 4.93. The van der Waals surface area contributed by atoms with Crippen LogP contribution in [0, 0.1) is 0 Å². The molecule has 2 aromatic rings. The number of pyridine rings is 1. The number of ether oxygens (including phenoxy) is 1. The Hall–Kier alpha value is -1.77. The third-order valence-electron chi connectivity index (χ3n) is 3.61. The van der Waals surface area contributed by atoms with E-state index >= 15 is 0 Å². The maximum absolute atomic E-state index is 5.79. The van der Waals surface area contributed by atoms with Crippen LogP contribution < -0.4 is 10.1 Å². The first kappa shape index (κ1) is 12.3. The van der Waals surface area contributed by atoms with Crippen LogP contribution in [0.25, 0.3) is 10.9 Å². The lowest BCUT2D eigenvalue weighted by atomic mass is 10.1. The number of aromatic nitrogens is 1. The molecule has 0 fully saturated rings. The first-order valence-corrected chi connectivity index (χ1v) is 6.99. The molecular weight excluding hydrogens is 236 g/mol. The van der Waals surface area contributed by atoms with Crippen molar-refractivity contribution in [1.82, 2.24) is 4.98 Å². The Morgan fingerprint density at radius 1 is 1.26 bits per heavy atom. The molecule has 0 atom stereocenters. The molecule has 1 aliphatic rings. The maximum atomic E-state index is 5.79. The zero-order valence-electron chi connectivity index (χ0n) is 11.8. The van der Waals surface area contributed by atoms with Gasteiger partial charge in [0.15, 0.2) is 0 Å². The predicted octanol–water partition coefficient (Wildman–Crippen LogP) is 3.55. The second-order valence-electron chi connectivity index (χ2n) is 5.36. The number of fused-ring (bicyclic) bond motifs is 2. The van der Waals surface area contributed by atoms with E-state index in [-0.39, 0.29) is 6.10 Å². The van der Waals surface area contributed by atoms with Crippen molar-refractivity contribution in [2.75, 3.05) is 12.4 Å². The van der Waals surface area contributed by atoms with Gasteiger partial charge in [0.05, 0.1) is 11.6 Å². The van der Waals surface area contributed by atoms with Gasteiger partial charge in [0.2, 0.25) is 0 Å². The van der Waals surface area contributed by atoms with Crippen LogP contribution in [-0.2, 0) is 12.8 Å². The van der Waals surface area contributed by atoms with Crippen LogP contribution in [0.3, 0.4) is 0 Å². The lowest BCUT2D eigenvalue weighted by Crippen LogP contribution is -2.06. The van der Waals surface area contributed by atoms with Crippen molar-refractivity contribution in [3.8, 4) is 5.75 Å². The summed E-state index contributed by atoms with van der Waals surface area (Å²) in [6.45, 7) is 4.09. The first-order valence-electron chi connectivity index (χ1n) is 6.99. The summed E-state index contributed by atoms with van der Waals surface area (Å²) in [4.78, 5) is 4.79. The van der Waals surface area contributed by atoms with Crippen molar-refractivity contribution in [3.63, 3.8) is 0 Å². The molecule has 0 unspecified atom stereocenters. The molecular formula is C16H20N2O. The lowest BCUT2D eigenvalue weighted by molar-refractivity contribution is 0.243. The minimum Gasteiger partial charge on any atom is -0.491 e. The summed E-state index contributed by atoms with van der Waals surface area (Å²) < 4.78 is 5.79. The highest BCUT2D eigenvalue weighted by molar-refractivity contribution is 5.94. The van der Waals surface area contributed by atoms with Gasteiger partial charge in [-0.2, -0.15) is 0 Å². The predicted molar refractivity (Wildman–Crippen MR) is 79.1 cm³/mol. The number of nitrogens with one attached hydrogen (secondary N) is 1. The number of hydrogen-bond donors (Lipinski definition) is 1. The van der Waals surface area contributed by atoms with Gasteiger partial charge in [-0.15, -0.1) is 0 Å². The van der Waals surface area contributed by atoms with Gasteiger partial charge < -0.3 is 10.1 Å². The summed E-state index contributed by atoms with van der Waals surface area (Å²) in [6.07, 6.45) is 3.63. The highest BCUT2D eigenvalue weighted by Gasteiger charge is 2.19. The van der Waals surface area contributed by atoms with Crippen molar-refractivity contribution < 1.29 is 4.74 Å². The molecule has 100 valence electrons. The van der Waals surface area contributed by atoms with Gasteiger partial charge in [-0.05, 0) is 56.9 Å². The van der Waals surface area contributed by atoms with Crippen LogP contribution in [0.1, 0.15) is 31.5 Å². The minimum absolute atomic E-state index is 0.192. The van der Waals surface area contributed by atoms with E-state index in [2.05, 4.69) is 17.4 Å². The van der Waals surface area contributed by atoms with E-state index in [1.54, 1.807) is 0 Å². The van der Waals surface area contributed by atoms with Crippen LogP contribution in [0.4, 0.5) is 5.69 Å². The van der Waals surface area contributed by atoms with Crippen LogP contribution in [0.15, 0.2) is 18.2 Å². The monoisotopic (exact) mass is 256 g/mol. The molecule has 3 nitrogen and oxygen atoms in total. The zero-order valence-corrected chi connectivity index (χ0v) is 11.8. The third-order valence-corrected chi connectivity index (χ3v) is 3.61. The number of nitrogens with zero attached hydrogens (tertiary/aromatic N) is 1. The van der Waals surface area contributed by atoms with Crippen LogP contribution >= 0.6 is 0 Å². The average molecular weight is 256 g/mol. The van der Waals surface area contributed by atoms with E-state index in [0.29, 0.717) is 0 Å². The summed E-state index contributed by atoms with van der Waals surface area (Å²) in [5, 5.41) is 4.52.